The fourth-order valence-electron chi connectivity index (χ4n) is 4.34. The van der Waals surface area contributed by atoms with Crippen LogP contribution in [0.25, 0.3) is 5.82 Å². The maximum absolute atomic E-state index is 13.9. The number of pyridine rings is 1. The minimum absolute atomic E-state index is 0.0185. The second-order valence-corrected chi connectivity index (χ2v) is 9.19. The van der Waals surface area contributed by atoms with E-state index in [1.54, 1.807) is 34.2 Å². The fraction of sp³-hybridized carbons (Fsp3) is 0.375. The number of hydrogen-bond donors (Lipinski definition) is 1. The molecule has 0 saturated carbocycles. The Labute approximate surface area is 220 Å². The molecule has 0 aliphatic carbocycles. The summed E-state index contributed by atoms with van der Waals surface area (Å²) in [4.78, 5) is 20.3. The zero-order valence-electron chi connectivity index (χ0n) is 20.7. The van der Waals surface area contributed by atoms with Crippen molar-refractivity contribution >= 4 is 5.91 Å². The molecular formula is C24H25F3N10O2. The van der Waals surface area contributed by atoms with Gasteiger partial charge in [-0.2, -0.15) is 19.7 Å². The van der Waals surface area contributed by atoms with Crippen molar-refractivity contribution in [2.45, 2.75) is 44.4 Å². The van der Waals surface area contributed by atoms with E-state index >= 15 is 0 Å². The molecule has 1 unspecified atom stereocenters. The van der Waals surface area contributed by atoms with Crippen LogP contribution in [-0.4, -0.2) is 70.1 Å². The van der Waals surface area contributed by atoms with E-state index in [2.05, 4.69) is 30.7 Å². The first kappa shape index (κ1) is 26.2. The predicted molar refractivity (Wildman–Crippen MR) is 129 cm³/mol. The van der Waals surface area contributed by atoms with Gasteiger partial charge in [0.15, 0.2) is 17.5 Å². The monoisotopic (exact) mass is 542 g/mol. The zero-order chi connectivity index (χ0) is 27.4. The number of rotatable bonds is 9. The van der Waals surface area contributed by atoms with Crippen LogP contribution in [-0.2, 0) is 17.8 Å². The number of hydrogen-bond acceptors (Lipinski definition) is 9. The number of tetrazole rings is 1. The summed E-state index contributed by atoms with van der Waals surface area (Å²) in [6, 6.07) is 4.04. The normalized spacial score (nSPS) is 14.9. The molecule has 4 aromatic rings. The number of likely N-dealkylation sites (tertiary alicyclic amines) is 1. The molecule has 15 heteroatoms. The Balaban J connectivity index is 1.07. The van der Waals surface area contributed by atoms with Crippen molar-refractivity contribution in [3.05, 3.63) is 71.7 Å². The molecule has 3 aromatic heterocycles. The molecule has 1 aliphatic heterocycles. The topological polar surface area (TPSA) is 143 Å². The third-order valence-electron chi connectivity index (χ3n) is 6.40. The molecule has 4 heterocycles. The number of halogens is 3. The Morgan fingerprint density at radius 3 is 2.62 bits per heavy atom. The van der Waals surface area contributed by atoms with Crippen molar-refractivity contribution in [3.63, 3.8) is 0 Å². The van der Waals surface area contributed by atoms with Gasteiger partial charge in [-0.05, 0) is 53.5 Å². The summed E-state index contributed by atoms with van der Waals surface area (Å²) in [6.45, 7) is 1.19. The standard InChI is InChI=1S/C24H25F3N10O2/c25-20-10-22(27)21(26)8-15(20)7-16(28)9-24(38)35-5-3-18(4-6-35)37-31-11-17(32-37)13-39-19-1-2-23(29-12-19)36-14-30-33-34-36/h1-2,8,10-12,14,16,18H,3-7,9,13,28H2. The van der Waals surface area contributed by atoms with Gasteiger partial charge in [0.25, 0.3) is 0 Å². The fourth-order valence-corrected chi connectivity index (χ4v) is 4.34. The Hall–Kier alpha value is -4.40. The number of nitrogens with zero attached hydrogens (tertiary/aromatic N) is 9. The van der Waals surface area contributed by atoms with Crippen LogP contribution in [0.15, 0.2) is 43.0 Å². The molecule has 1 aromatic carbocycles. The molecule has 1 fully saturated rings. The van der Waals surface area contributed by atoms with E-state index in [9.17, 15) is 18.0 Å². The lowest BCUT2D eigenvalue weighted by Crippen LogP contribution is -2.42. The summed E-state index contributed by atoms with van der Waals surface area (Å²) in [5.74, 6) is -2.36. The Morgan fingerprint density at radius 2 is 1.90 bits per heavy atom. The quantitative estimate of drug-likeness (QED) is 0.313. The largest absolute Gasteiger partial charge is 0.486 e. The number of piperidine rings is 1. The van der Waals surface area contributed by atoms with Gasteiger partial charge in [-0.15, -0.1) is 5.10 Å². The number of amides is 1. The third-order valence-corrected chi connectivity index (χ3v) is 6.40. The molecule has 1 aliphatic rings. The van der Waals surface area contributed by atoms with Crippen molar-refractivity contribution in [2.24, 2.45) is 5.73 Å². The molecule has 5 rings (SSSR count). The van der Waals surface area contributed by atoms with E-state index in [1.165, 1.54) is 11.0 Å². The highest BCUT2D eigenvalue weighted by molar-refractivity contribution is 5.77. The Morgan fingerprint density at radius 1 is 1.10 bits per heavy atom. The number of benzene rings is 1. The molecule has 1 amide bonds. The molecule has 0 spiro atoms. The highest BCUT2D eigenvalue weighted by atomic mass is 19.2. The second kappa shape index (κ2) is 11.6. The molecule has 2 N–H and O–H groups in total. The van der Waals surface area contributed by atoms with Gasteiger partial charge < -0.3 is 15.4 Å². The van der Waals surface area contributed by atoms with Gasteiger partial charge in [0.05, 0.1) is 18.4 Å². The molecule has 12 nitrogen and oxygen atoms in total. The van der Waals surface area contributed by atoms with Gasteiger partial charge in [0, 0.05) is 31.6 Å². The molecule has 0 bridgehead atoms. The molecule has 0 radical (unpaired) electrons. The van der Waals surface area contributed by atoms with Gasteiger partial charge in [0.2, 0.25) is 5.91 Å². The summed E-state index contributed by atoms with van der Waals surface area (Å²) < 4.78 is 47.6. The molecule has 204 valence electrons. The minimum atomic E-state index is -1.26. The zero-order valence-corrected chi connectivity index (χ0v) is 20.7. The maximum Gasteiger partial charge on any atom is 0.224 e. The van der Waals surface area contributed by atoms with E-state index in [0.717, 1.165) is 6.07 Å². The number of ether oxygens (including phenoxy) is 1. The lowest BCUT2D eigenvalue weighted by Gasteiger charge is -2.32. The lowest BCUT2D eigenvalue weighted by atomic mass is 10.0. The first-order valence-corrected chi connectivity index (χ1v) is 12.3. The van der Waals surface area contributed by atoms with E-state index in [1.807, 2.05) is 0 Å². The van der Waals surface area contributed by atoms with Crippen LogP contribution in [0.5, 0.6) is 5.75 Å². The number of nitrogens with two attached hydrogens (primary N) is 1. The van der Waals surface area contributed by atoms with Crippen molar-refractivity contribution in [1.82, 2.24) is 45.1 Å². The van der Waals surface area contributed by atoms with E-state index in [-0.39, 0.29) is 37.0 Å². The minimum Gasteiger partial charge on any atom is -0.486 e. The highest BCUT2D eigenvalue weighted by Crippen LogP contribution is 2.23. The summed E-state index contributed by atoms with van der Waals surface area (Å²) in [6.07, 6.45) is 5.83. The van der Waals surface area contributed by atoms with Crippen LogP contribution < -0.4 is 10.5 Å². The highest BCUT2D eigenvalue weighted by Gasteiger charge is 2.26. The Bertz CT molecular complexity index is 1410. The average molecular weight is 543 g/mol. The van der Waals surface area contributed by atoms with Crippen LogP contribution in [0.4, 0.5) is 13.2 Å². The van der Waals surface area contributed by atoms with E-state index in [0.29, 0.717) is 49.3 Å². The van der Waals surface area contributed by atoms with Crippen molar-refractivity contribution in [2.75, 3.05) is 13.1 Å². The van der Waals surface area contributed by atoms with Gasteiger partial charge >= 0.3 is 0 Å². The Kier molecular flexibility index (Phi) is 7.76. The van der Waals surface area contributed by atoms with E-state index in [4.69, 9.17) is 10.5 Å². The van der Waals surface area contributed by atoms with Crippen LogP contribution in [0.1, 0.15) is 36.6 Å². The smallest absolute Gasteiger partial charge is 0.224 e. The van der Waals surface area contributed by atoms with Gasteiger partial charge in [-0.3, -0.25) is 4.79 Å². The first-order valence-electron chi connectivity index (χ1n) is 12.3. The average Bonchev–Trinajstić information content (AvgIpc) is 3.64. The van der Waals surface area contributed by atoms with Crippen molar-refractivity contribution in [3.8, 4) is 11.6 Å². The molecule has 39 heavy (non-hydrogen) atoms. The third kappa shape index (κ3) is 6.37. The van der Waals surface area contributed by atoms with Gasteiger partial charge in [-0.25, -0.2) is 18.2 Å². The van der Waals surface area contributed by atoms with Crippen LogP contribution in [0.3, 0.4) is 0 Å². The van der Waals surface area contributed by atoms with Crippen LogP contribution in [0.2, 0.25) is 0 Å². The van der Waals surface area contributed by atoms with Gasteiger partial charge in [0.1, 0.15) is 30.2 Å². The van der Waals surface area contributed by atoms with Crippen molar-refractivity contribution in [1.29, 1.82) is 0 Å². The van der Waals surface area contributed by atoms with Gasteiger partial charge in [-0.1, -0.05) is 0 Å². The number of aromatic nitrogens is 8. The molecule has 1 atom stereocenters. The summed E-state index contributed by atoms with van der Waals surface area (Å²) >= 11 is 0. The van der Waals surface area contributed by atoms with Crippen molar-refractivity contribution < 1.29 is 22.7 Å². The van der Waals surface area contributed by atoms with Crippen LogP contribution >= 0.6 is 0 Å². The van der Waals surface area contributed by atoms with Crippen LogP contribution in [0, 0.1) is 17.5 Å². The lowest BCUT2D eigenvalue weighted by molar-refractivity contribution is -0.132. The molecule has 1 saturated heterocycles. The number of carbonyl (C=O) groups is 1. The first-order chi connectivity index (χ1) is 18.9. The molecular weight excluding hydrogens is 517 g/mol. The van der Waals surface area contributed by atoms with E-state index < -0.39 is 23.5 Å². The summed E-state index contributed by atoms with van der Waals surface area (Å²) in [5, 5.41) is 19.8. The predicted octanol–water partition coefficient (Wildman–Crippen LogP) is 1.77. The second-order valence-electron chi connectivity index (χ2n) is 9.19. The SMILES string of the molecule is NC(CC(=O)N1CCC(n2ncc(COc3ccc(-n4cnnn4)nc3)n2)CC1)Cc1cc(F)c(F)cc1F. The maximum atomic E-state index is 13.9. The summed E-state index contributed by atoms with van der Waals surface area (Å²) in [5.41, 5.74) is 6.60. The number of carbonyl (C=O) groups excluding carboxylic acids is 1. The summed E-state index contributed by atoms with van der Waals surface area (Å²) in [7, 11) is 0.